The van der Waals surface area contributed by atoms with Gasteiger partial charge in [0, 0.05) is 5.56 Å². The number of hydrazine groups is 1. The maximum atomic E-state index is 12.1. The van der Waals surface area contributed by atoms with Crippen molar-refractivity contribution in [2.45, 2.75) is 6.92 Å². The zero-order valence-corrected chi connectivity index (χ0v) is 14.1. The third-order valence-electron chi connectivity index (χ3n) is 3.26. The van der Waals surface area contributed by atoms with Gasteiger partial charge < -0.3 is 4.74 Å². The minimum atomic E-state index is -0.431. The molecule has 0 bridgehead atoms. The van der Waals surface area contributed by atoms with Crippen molar-refractivity contribution in [3.63, 3.8) is 0 Å². The molecule has 0 aliphatic rings. The fourth-order valence-corrected chi connectivity index (χ4v) is 2.19. The van der Waals surface area contributed by atoms with Crippen LogP contribution in [0.1, 0.15) is 26.3 Å². The SMILES string of the molecule is COc1ccccc1C(=O)NNC(=S)NC(=O)c1ccccc1C. The molecule has 0 radical (unpaired) electrons. The van der Waals surface area contributed by atoms with Gasteiger partial charge in [-0.25, -0.2) is 0 Å². The van der Waals surface area contributed by atoms with Gasteiger partial charge in [0.1, 0.15) is 5.75 Å². The first-order chi connectivity index (χ1) is 11.5. The van der Waals surface area contributed by atoms with Crippen molar-refractivity contribution in [3.8, 4) is 5.75 Å². The largest absolute Gasteiger partial charge is 0.496 e. The molecule has 2 aromatic carbocycles. The maximum absolute atomic E-state index is 12.1. The summed E-state index contributed by atoms with van der Waals surface area (Å²) in [7, 11) is 1.48. The lowest BCUT2D eigenvalue weighted by Gasteiger charge is -2.13. The van der Waals surface area contributed by atoms with Crippen LogP contribution >= 0.6 is 12.2 Å². The minimum Gasteiger partial charge on any atom is -0.496 e. The van der Waals surface area contributed by atoms with E-state index in [1.165, 1.54) is 7.11 Å². The van der Waals surface area contributed by atoms with Crippen molar-refractivity contribution in [3.05, 3.63) is 65.2 Å². The molecule has 0 fully saturated rings. The Morgan fingerprint density at radius 3 is 2.21 bits per heavy atom. The number of ether oxygens (including phenoxy) is 1. The second-order valence-corrected chi connectivity index (χ2v) is 5.29. The van der Waals surface area contributed by atoms with Crippen LogP contribution in [0.4, 0.5) is 0 Å². The molecule has 7 heteroatoms. The zero-order chi connectivity index (χ0) is 17.5. The molecule has 2 amide bonds. The van der Waals surface area contributed by atoms with Gasteiger partial charge in [-0.15, -0.1) is 0 Å². The predicted octanol–water partition coefficient (Wildman–Crippen LogP) is 1.95. The zero-order valence-electron chi connectivity index (χ0n) is 13.3. The summed E-state index contributed by atoms with van der Waals surface area (Å²) in [6.45, 7) is 1.83. The Bertz CT molecular complexity index is 777. The maximum Gasteiger partial charge on any atom is 0.273 e. The van der Waals surface area contributed by atoms with Crippen LogP contribution in [-0.4, -0.2) is 24.0 Å². The van der Waals surface area contributed by atoms with Crippen LogP contribution in [0, 0.1) is 6.92 Å². The molecule has 0 saturated carbocycles. The lowest BCUT2D eigenvalue weighted by molar-refractivity contribution is 0.0932. The van der Waals surface area contributed by atoms with Crippen LogP contribution in [0.2, 0.25) is 0 Å². The first-order valence-corrected chi connectivity index (χ1v) is 7.54. The van der Waals surface area contributed by atoms with Crippen molar-refractivity contribution in [2.75, 3.05) is 7.11 Å². The Morgan fingerprint density at radius 2 is 1.54 bits per heavy atom. The summed E-state index contributed by atoms with van der Waals surface area (Å²) in [4.78, 5) is 24.2. The smallest absolute Gasteiger partial charge is 0.273 e. The van der Waals surface area contributed by atoms with E-state index in [0.717, 1.165) is 5.56 Å². The first-order valence-electron chi connectivity index (χ1n) is 7.13. The number of aryl methyl sites for hydroxylation is 1. The van der Waals surface area contributed by atoms with Gasteiger partial charge >= 0.3 is 0 Å². The summed E-state index contributed by atoms with van der Waals surface area (Å²) in [5.74, 6) is -0.344. The molecule has 0 aromatic heterocycles. The van der Waals surface area contributed by atoms with E-state index in [1.54, 1.807) is 36.4 Å². The number of nitrogens with one attached hydrogen (secondary N) is 3. The lowest BCUT2D eigenvalue weighted by atomic mass is 10.1. The number of methoxy groups -OCH3 is 1. The van der Waals surface area contributed by atoms with E-state index in [1.807, 2.05) is 19.1 Å². The monoisotopic (exact) mass is 343 g/mol. The number of thiocarbonyl (C=S) groups is 1. The predicted molar refractivity (Wildman–Crippen MR) is 94.8 cm³/mol. The number of hydrogen-bond donors (Lipinski definition) is 3. The summed E-state index contributed by atoms with van der Waals surface area (Å²) in [6, 6.07) is 13.9. The number of carbonyl (C=O) groups excluding carboxylic acids is 2. The fourth-order valence-electron chi connectivity index (χ4n) is 2.04. The Balaban J connectivity index is 1.92. The van der Waals surface area contributed by atoms with Crippen molar-refractivity contribution < 1.29 is 14.3 Å². The number of carbonyl (C=O) groups is 2. The minimum absolute atomic E-state index is 0.00787. The van der Waals surface area contributed by atoms with Crippen molar-refractivity contribution >= 4 is 29.1 Å². The van der Waals surface area contributed by atoms with Crippen LogP contribution in [0.3, 0.4) is 0 Å². The van der Waals surface area contributed by atoms with Crippen LogP contribution in [0.5, 0.6) is 5.75 Å². The molecule has 24 heavy (non-hydrogen) atoms. The molecule has 0 saturated heterocycles. The Kier molecular flexibility index (Phi) is 5.86. The van der Waals surface area contributed by atoms with Gasteiger partial charge in [0.25, 0.3) is 11.8 Å². The van der Waals surface area contributed by atoms with E-state index in [9.17, 15) is 9.59 Å². The van der Waals surface area contributed by atoms with E-state index in [4.69, 9.17) is 17.0 Å². The van der Waals surface area contributed by atoms with Gasteiger partial charge in [-0.1, -0.05) is 30.3 Å². The van der Waals surface area contributed by atoms with Gasteiger partial charge in [-0.3, -0.25) is 25.8 Å². The van der Waals surface area contributed by atoms with E-state index >= 15 is 0 Å². The highest BCUT2D eigenvalue weighted by atomic mass is 32.1. The van der Waals surface area contributed by atoms with Crippen LogP contribution in [0.15, 0.2) is 48.5 Å². The highest BCUT2D eigenvalue weighted by molar-refractivity contribution is 7.80. The number of para-hydroxylation sites is 1. The molecular formula is C17H17N3O3S. The van der Waals surface area contributed by atoms with E-state index in [2.05, 4.69) is 16.2 Å². The standard InChI is InChI=1S/C17H17N3O3S/c1-11-7-3-4-8-12(11)15(21)18-17(24)20-19-16(22)13-9-5-6-10-14(13)23-2/h3-10H,1-2H3,(H,19,22)(H2,18,20,21,24). The molecule has 0 atom stereocenters. The van der Waals surface area contributed by atoms with E-state index < -0.39 is 5.91 Å². The average Bonchev–Trinajstić information content (AvgIpc) is 2.59. The normalized spacial score (nSPS) is 9.75. The molecule has 0 aliphatic heterocycles. The van der Waals surface area contributed by atoms with Crippen molar-refractivity contribution in [1.29, 1.82) is 0 Å². The van der Waals surface area contributed by atoms with Crippen LogP contribution < -0.4 is 20.9 Å². The van der Waals surface area contributed by atoms with Crippen LogP contribution in [-0.2, 0) is 0 Å². The van der Waals surface area contributed by atoms with Crippen molar-refractivity contribution in [1.82, 2.24) is 16.2 Å². The molecule has 0 heterocycles. The first kappa shape index (κ1) is 17.4. The molecule has 0 spiro atoms. The quantitative estimate of drug-likeness (QED) is 0.586. The second-order valence-electron chi connectivity index (χ2n) is 4.88. The van der Waals surface area contributed by atoms with Crippen LogP contribution in [0.25, 0.3) is 0 Å². The van der Waals surface area contributed by atoms with Gasteiger partial charge in [0.2, 0.25) is 0 Å². The number of rotatable bonds is 3. The summed E-state index contributed by atoms with van der Waals surface area (Å²) in [6.07, 6.45) is 0. The third-order valence-corrected chi connectivity index (χ3v) is 3.46. The molecule has 2 aromatic rings. The second kappa shape index (κ2) is 8.07. The summed E-state index contributed by atoms with van der Waals surface area (Å²) in [5, 5.41) is 2.50. The highest BCUT2D eigenvalue weighted by Gasteiger charge is 2.13. The van der Waals surface area contributed by atoms with E-state index in [0.29, 0.717) is 16.9 Å². The molecular weight excluding hydrogens is 326 g/mol. The molecule has 2 rings (SSSR count). The molecule has 0 aliphatic carbocycles. The van der Waals surface area contributed by atoms with Gasteiger partial charge in [0.15, 0.2) is 5.11 Å². The Labute approximate surface area is 145 Å². The molecule has 0 unspecified atom stereocenters. The Hall–Kier alpha value is -2.93. The third kappa shape index (κ3) is 4.30. The fraction of sp³-hybridized carbons (Fsp3) is 0.118. The highest BCUT2D eigenvalue weighted by Crippen LogP contribution is 2.16. The molecule has 124 valence electrons. The number of hydrogen-bond acceptors (Lipinski definition) is 4. The van der Waals surface area contributed by atoms with Gasteiger partial charge in [-0.05, 0) is 42.9 Å². The summed E-state index contributed by atoms with van der Waals surface area (Å²) < 4.78 is 5.12. The van der Waals surface area contributed by atoms with E-state index in [-0.39, 0.29) is 11.0 Å². The lowest BCUT2D eigenvalue weighted by Crippen LogP contribution is -2.48. The summed E-state index contributed by atoms with van der Waals surface area (Å²) >= 11 is 5.01. The number of benzene rings is 2. The Morgan fingerprint density at radius 1 is 0.917 bits per heavy atom. The molecule has 6 nitrogen and oxygen atoms in total. The number of amides is 2. The topological polar surface area (TPSA) is 79.5 Å². The average molecular weight is 343 g/mol. The summed E-state index contributed by atoms with van der Waals surface area (Å²) in [5.41, 5.74) is 6.61. The van der Waals surface area contributed by atoms with Crippen molar-refractivity contribution in [2.24, 2.45) is 0 Å². The van der Waals surface area contributed by atoms with Gasteiger partial charge in [0.05, 0.1) is 12.7 Å². The molecule has 3 N–H and O–H groups in total. The van der Waals surface area contributed by atoms with Gasteiger partial charge in [-0.2, -0.15) is 0 Å².